The van der Waals surface area contributed by atoms with Crippen LogP contribution in [0.2, 0.25) is 0 Å². The van der Waals surface area contributed by atoms with Crippen molar-refractivity contribution in [2.24, 2.45) is 0 Å². The van der Waals surface area contributed by atoms with Crippen molar-refractivity contribution in [3.8, 4) is 11.4 Å². The predicted molar refractivity (Wildman–Crippen MR) is 104 cm³/mol. The number of anilines is 2. The first kappa shape index (κ1) is 19.5. The fourth-order valence-corrected chi connectivity index (χ4v) is 2.73. The maximum Gasteiger partial charge on any atom is 0.338 e. The standard InChI is InChI=1S/C20H22FN5O2/c1-5-28-19(27)13-6-8-14(9-7-13)25-20-22-10-15(21)17(26-20)18-16(11(2)3)23-12(4)24-18/h6-11H,5H2,1-4H3,(H,23,24)(H,22,25,26). The number of hydrogen-bond acceptors (Lipinski definition) is 6. The molecule has 0 radical (unpaired) electrons. The summed E-state index contributed by atoms with van der Waals surface area (Å²) >= 11 is 0. The molecule has 0 saturated carbocycles. The van der Waals surface area contributed by atoms with E-state index in [0.29, 0.717) is 29.4 Å². The van der Waals surface area contributed by atoms with Crippen molar-refractivity contribution < 1.29 is 13.9 Å². The molecule has 0 unspecified atom stereocenters. The number of aromatic amines is 1. The van der Waals surface area contributed by atoms with Crippen LogP contribution in [0.5, 0.6) is 0 Å². The first-order chi connectivity index (χ1) is 13.4. The lowest BCUT2D eigenvalue weighted by Crippen LogP contribution is -2.05. The molecule has 3 rings (SSSR count). The number of halogens is 1. The summed E-state index contributed by atoms with van der Waals surface area (Å²) in [5, 5.41) is 3.02. The fraction of sp³-hybridized carbons (Fsp3) is 0.300. The Hall–Kier alpha value is -3.29. The molecule has 3 aromatic rings. The van der Waals surface area contributed by atoms with Crippen LogP contribution in [-0.2, 0) is 4.74 Å². The molecule has 7 nitrogen and oxygen atoms in total. The molecule has 0 saturated heterocycles. The summed E-state index contributed by atoms with van der Waals surface area (Å²) in [6.45, 7) is 7.89. The lowest BCUT2D eigenvalue weighted by atomic mass is 10.1. The Kier molecular flexibility index (Phi) is 5.67. The van der Waals surface area contributed by atoms with Crippen LogP contribution < -0.4 is 5.32 Å². The molecule has 0 aliphatic heterocycles. The van der Waals surface area contributed by atoms with Crippen molar-refractivity contribution in [1.82, 2.24) is 19.9 Å². The summed E-state index contributed by atoms with van der Waals surface area (Å²) in [7, 11) is 0. The average molecular weight is 383 g/mol. The van der Waals surface area contributed by atoms with E-state index in [1.54, 1.807) is 31.2 Å². The number of aryl methyl sites for hydroxylation is 1. The molecule has 2 heterocycles. The lowest BCUT2D eigenvalue weighted by Gasteiger charge is -2.09. The van der Waals surface area contributed by atoms with Gasteiger partial charge in [0, 0.05) is 11.4 Å². The third-order valence-electron chi connectivity index (χ3n) is 4.05. The topological polar surface area (TPSA) is 92.8 Å². The first-order valence-electron chi connectivity index (χ1n) is 9.02. The van der Waals surface area contributed by atoms with Crippen molar-refractivity contribution in [3.63, 3.8) is 0 Å². The third kappa shape index (κ3) is 4.16. The molecule has 146 valence electrons. The van der Waals surface area contributed by atoms with Gasteiger partial charge in [-0.15, -0.1) is 0 Å². The van der Waals surface area contributed by atoms with Gasteiger partial charge in [0.15, 0.2) is 5.82 Å². The maximum atomic E-state index is 14.4. The molecule has 2 N–H and O–H groups in total. The number of esters is 1. The van der Waals surface area contributed by atoms with E-state index in [1.165, 1.54) is 0 Å². The molecule has 28 heavy (non-hydrogen) atoms. The highest BCUT2D eigenvalue weighted by atomic mass is 19.1. The van der Waals surface area contributed by atoms with Crippen LogP contribution in [0.15, 0.2) is 30.5 Å². The highest BCUT2D eigenvalue weighted by Crippen LogP contribution is 2.28. The van der Waals surface area contributed by atoms with E-state index in [0.717, 1.165) is 11.9 Å². The molecular weight excluding hydrogens is 361 g/mol. The van der Waals surface area contributed by atoms with Gasteiger partial charge in [0.1, 0.15) is 17.2 Å². The van der Waals surface area contributed by atoms with Crippen LogP contribution >= 0.6 is 0 Å². The number of rotatable bonds is 6. The van der Waals surface area contributed by atoms with Crippen molar-refractivity contribution in [3.05, 3.63) is 53.4 Å². The van der Waals surface area contributed by atoms with Gasteiger partial charge in [-0.1, -0.05) is 13.8 Å². The molecule has 8 heteroatoms. The molecule has 0 amide bonds. The van der Waals surface area contributed by atoms with Gasteiger partial charge in [-0.3, -0.25) is 0 Å². The number of hydrogen-bond donors (Lipinski definition) is 2. The molecule has 0 atom stereocenters. The van der Waals surface area contributed by atoms with Crippen molar-refractivity contribution in [2.75, 3.05) is 11.9 Å². The Morgan fingerprint density at radius 3 is 2.57 bits per heavy atom. The van der Waals surface area contributed by atoms with Crippen molar-refractivity contribution in [1.29, 1.82) is 0 Å². The number of nitrogens with one attached hydrogen (secondary N) is 2. The SMILES string of the molecule is CCOC(=O)c1ccc(Nc2ncc(F)c(-c3nc(C)[nH]c3C(C)C)n2)cc1. The largest absolute Gasteiger partial charge is 0.462 e. The summed E-state index contributed by atoms with van der Waals surface area (Å²) in [5.74, 6) is 0.134. The Morgan fingerprint density at radius 2 is 1.93 bits per heavy atom. The minimum Gasteiger partial charge on any atom is -0.462 e. The molecule has 0 aliphatic rings. The Bertz CT molecular complexity index is 983. The van der Waals surface area contributed by atoms with Gasteiger partial charge in [0.25, 0.3) is 0 Å². The number of carbonyl (C=O) groups excluding carboxylic acids is 1. The zero-order chi connectivity index (χ0) is 20.3. The minimum absolute atomic E-state index is 0.133. The number of aromatic nitrogens is 4. The maximum absolute atomic E-state index is 14.4. The van der Waals surface area contributed by atoms with Gasteiger partial charge in [-0.05, 0) is 44.0 Å². The normalized spacial score (nSPS) is 10.9. The second-order valence-electron chi connectivity index (χ2n) is 6.55. The number of benzene rings is 1. The quantitative estimate of drug-likeness (QED) is 0.615. The van der Waals surface area contributed by atoms with Gasteiger partial charge in [-0.25, -0.2) is 24.1 Å². The van der Waals surface area contributed by atoms with E-state index in [1.807, 2.05) is 20.8 Å². The van der Waals surface area contributed by atoms with Gasteiger partial charge >= 0.3 is 5.97 Å². The fourth-order valence-electron chi connectivity index (χ4n) is 2.73. The summed E-state index contributed by atoms with van der Waals surface area (Å²) in [6.07, 6.45) is 1.12. The smallest absolute Gasteiger partial charge is 0.338 e. The van der Waals surface area contributed by atoms with Crippen molar-refractivity contribution in [2.45, 2.75) is 33.6 Å². The summed E-state index contributed by atoms with van der Waals surface area (Å²) in [4.78, 5) is 27.6. The third-order valence-corrected chi connectivity index (χ3v) is 4.05. The van der Waals surface area contributed by atoms with Gasteiger partial charge in [-0.2, -0.15) is 0 Å². The van der Waals surface area contributed by atoms with Crippen LogP contribution in [0.25, 0.3) is 11.4 Å². The van der Waals surface area contributed by atoms with E-state index in [2.05, 4.69) is 25.3 Å². The lowest BCUT2D eigenvalue weighted by molar-refractivity contribution is 0.0526. The number of ether oxygens (including phenoxy) is 1. The zero-order valence-corrected chi connectivity index (χ0v) is 16.2. The number of nitrogens with zero attached hydrogens (tertiary/aromatic N) is 3. The average Bonchev–Trinajstić information content (AvgIpc) is 3.06. The minimum atomic E-state index is -0.545. The molecule has 1 aromatic carbocycles. The molecule has 0 aliphatic carbocycles. The molecule has 0 fully saturated rings. The molecule has 0 spiro atoms. The molecule has 2 aromatic heterocycles. The second-order valence-corrected chi connectivity index (χ2v) is 6.55. The number of carbonyl (C=O) groups is 1. The van der Waals surface area contributed by atoms with E-state index < -0.39 is 5.82 Å². The Morgan fingerprint density at radius 1 is 1.21 bits per heavy atom. The predicted octanol–water partition coefficient (Wildman–Crippen LogP) is 4.36. The first-order valence-corrected chi connectivity index (χ1v) is 9.02. The number of imidazole rings is 1. The van der Waals surface area contributed by atoms with Gasteiger partial charge in [0.05, 0.1) is 18.4 Å². The molecular formula is C20H22FN5O2. The van der Waals surface area contributed by atoms with Crippen LogP contribution in [0, 0.1) is 12.7 Å². The van der Waals surface area contributed by atoms with E-state index in [-0.39, 0.29) is 23.5 Å². The van der Waals surface area contributed by atoms with E-state index in [4.69, 9.17) is 4.74 Å². The van der Waals surface area contributed by atoms with Gasteiger partial charge < -0.3 is 15.0 Å². The zero-order valence-electron chi connectivity index (χ0n) is 16.2. The Labute approximate surface area is 162 Å². The van der Waals surface area contributed by atoms with Crippen LogP contribution in [0.1, 0.15) is 48.6 Å². The van der Waals surface area contributed by atoms with E-state index in [9.17, 15) is 9.18 Å². The summed E-state index contributed by atoms with van der Waals surface area (Å²) in [6, 6.07) is 6.69. The van der Waals surface area contributed by atoms with E-state index >= 15 is 0 Å². The Balaban J connectivity index is 1.87. The van der Waals surface area contributed by atoms with Crippen molar-refractivity contribution >= 4 is 17.6 Å². The highest BCUT2D eigenvalue weighted by Gasteiger charge is 2.19. The monoisotopic (exact) mass is 383 g/mol. The summed E-state index contributed by atoms with van der Waals surface area (Å²) < 4.78 is 19.4. The van der Waals surface area contributed by atoms with Crippen LogP contribution in [0.4, 0.5) is 16.0 Å². The molecule has 0 bridgehead atoms. The van der Waals surface area contributed by atoms with Crippen LogP contribution in [-0.4, -0.2) is 32.5 Å². The highest BCUT2D eigenvalue weighted by molar-refractivity contribution is 5.89. The van der Waals surface area contributed by atoms with Gasteiger partial charge in [0.2, 0.25) is 5.95 Å². The second kappa shape index (κ2) is 8.16. The summed E-state index contributed by atoms with van der Waals surface area (Å²) in [5.41, 5.74) is 2.54. The van der Waals surface area contributed by atoms with Crippen LogP contribution in [0.3, 0.4) is 0 Å². The number of H-pyrrole nitrogens is 1.